The number of methoxy groups -OCH3 is 1. The molecule has 1 fully saturated rings. The van der Waals surface area contributed by atoms with E-state index in [1.54, 1.807) is 13.2 Å². The molecule has 4 heteroatoms. The number of hydrogen-bond donors (Lipinski definition) is 1. The largest absolute Gasteiger partial charge is 0.389 e. The van der Waals surface area contributed by atoms with Crippen molar-refractivity contribution in [1.29, 1.82) is 0 Å². The van der Waals surface area contributed by atoms with Crippen LogP contribution >= 0.6 is 0 Å². The Labute approximate surface area is 114 Å². The number of hydrogen-bond acceptors (Lipinski definition) is 3. The van der Waals surface area contributed by atoms with Crippen LogP contribution in [0.15, 0.2) is 24.3 Å². The number of rotatable bonds is 5. The Hall–Kier alpha value is -0.970. The van der Waals surface area contributed by atoms with Gasteiger partial charge in [-0.15, -0.1) is 0 Å². The third-order valence-corrected chi connectivity index (χ3v) is 3.68. The summed E-state index contributed by atoms with van der Waals surface area (Å²) in [5.41, 5.74) is 0.733. The van der Waals surface area contributed by atoms with Crippen LogP contribution in [-0.4, -0.2) is 42.9 Å². The van der Waals surface area contributed by atoms with Crippen molar-refractivity contribution >= 4 is 0 Å². The highest BCUT2D eigenvalue weighted by molar-refractivity contribution is 5.22. The highest BCUT2D eigenvalue weighted by Gasteiger charge is 2.33. The minimum atomic E-state index is -0.524. The van der Waals surface area contributed by atoms with E-state index in [0.29, 0.717) is 19.1 Å². The lowest BCUT2D eigenvalue weighted by molar-refractivity contribution is 0.0338. The van der Waals surface area contributed by atoms with Crippen molar-refractivity contribution in [3.8, 4) is 0 Å². The third-order valence-electron chi connectivity index (χ3n) is 3.68. The van der Waals surface area contributed by atoms with E-state index in [2.05, 4.69) is 11.8 Å². The van der Waals surface area contributed by atoms with Crippen LogP contribution in [0.1, 0.15) is 24.9 Å². The van der Waals surface area contributed by atoms with Crippen LogP contribution in [0.3, 0.4) is 0 Å². The van der Waals surface area contributed by atoms with Gasteiger partial charge in [-0.2, -0.15) is 0 Å². The molecule has 1 aromatic rings. The molecule has 1 N–H and O–H groups in total. The standard InChI is InChI=1S/C15H22FNO2/c1-11-7-15(13-5-3-4-6-14(13)16)17(8-11)9-12(18)10-19-2/h3-6,11-12,15,18H,7-10H2,1-2H3. The molecule has 0 bridgehead atoms. The van der Waals surface area contributed by atoms with Crippen molar-refractivity contribution in [3.63, 3.8) is 0 Å². The lowest BCUT2D eigenvalue weighted by Gasteiger charge is -2.27. The summed E-state index contributed by atoms with van der Waals surface area (Å²) in [5, 5.41) is 9.87. The van der Waals surface area contributed by atoms with Gasteiger partial charge in [-0.05, 0) is 18.4 Å². The zero-order chi connectivity index (χ0) is 13.8. The molecule has 19 heavy (non-hydrogen) atoms. The summed E-state index contributed by atoms with van der Waals surface area (Å²) in [6, 6.07) is 6.98. The quantitative estimate of drug-likeness (QED) is 0.888. The highest BCUT2D eigenvalue weighted by atomic mass is 19.1. The first-order chi connectivity index (χ1) is 9.11. The molecule has 1 aliphatic heterocycles. The van der Waals surface area contributed by atoms with Crippen molar-refractivity contribution < 1.29 is 14.2 Å². The number of aliphatic hydroxyl groups excluding tert-OH is 1. The number of aliphatic hydroxyl groups is 1. The molecule has 0 aliphatic carbocycles. The third kappa shape index (κ3) is 3.53. The molecule has 3 nitrogen and oxygen atoms in total. The van der Waals surface area contributed by atoms with Gasteiger partial charge in [-0.1, -0.05) is 25.1 Å². The summed E-state index contributed by atoms with van der Waals surface area (Å²) < 4.78 is 18.9. The number of ether oxygens (including phenoxy) is 1. The first kappa shape index (κ1) is 14.4. The lowest BCUT2D eigenvalue weighted by Crippen LogP contribution is -2.35. The van der Waals surface area contributed by atoms with Gasteiger partial charge in [0.2, 0.25) is 0 Å². The van der Waals surface area contributed by atoms with Gasteiger partial charge in [-0.3, -0.25) is 4.90 Å². The van der Waals surface area contributed by atoms with Crippen LogP contribution in [0.5, 0.6) is 0 Å². The molecule has 1 aromatic carbocycles. The van der Waals surface area contributed by atoms with E-state index < -0.39 is 6.10 Å². The van der Waals surface area contributed by atoms with E-state index in [9.17, 15) is 9.50 Å². The number of benzene rings is 1. The first-order valence-corrected chi connectivity index (χ1v) is 6.77. The summed E-state index contributed by atoms with van der Waals surface area (Å²) in [7, 11) is 1.57. The summed E-state index contributed by atoms with van der Waals surface area (Å²) in [6.45, 7) is 3.89. The van der Waals surface area contributed by atoms with E-state index in [1.807, 2.05) is 12.1 Å². The van der Waals surface area contributed by atoms with Crippen molar-refractivity contribution in [2.75, 3.05) is 26.8 Å². The van der Waals surface area contributed by atoms with Crippen LogP contribution < -0.4 is 0 Å². The minimum absolute atomic E-state index is 0.0581. The molecule has 106 valence electrons. The molecule has 0 saturated carbocycles. The van der Waals surface area contributed by atoms with Crippen LogP contribution in [0, 0.1) is 11.7 Å². The molecule has 0 amide bonds. The Morgan fingerprint density at radius 1 is 1.47 bits per heavy atom. The van der Waals surface area contributed by atoms with Gasteiger partial charge in [0.15, 0.2) is 0 Å². The lowest BCUT2D eigenvalue weighted by atomic mass is 10.0. The van der Waals surface area contributed by atoms with E-state index >= 15 is 0 Å². The zero-order valence-corrected chi connectivity index (χ0v) is 11.6. The smallest absolute Gasteiger partial charge is 0.127 e. The van der Waals surface area contributed by atoms with Crippen LogP contribution in [-0.2, 0) is 4.74 Å². The van der Waals surface area contributed by atoms with Crippen molar-refractivity contribution in [1.82, 2.24) is 4.90 Å². The Morgan fingerprint density at radius 3 is 2.89 bits per heavy atom. The fourth-order valence-electron chi connectivity index (χ4n) is 2.92. The van der Waals surface area contributed by atoms with Crippen LogP contribution in [0.4, 0.5) is 4.39 Å². The van der Waals surface area contributed by atoms with Crippen LogP contribution in [0.2, 0.25) is 0 Å². The Balaban J connectivity index is 2.11. The van der Waals surface area contributed by atoms with E-state index in [4.69, 9.17) is 4.74 Å². The fourth-order valence-corrected chi connectivity index (χ4v) is 2.92. The molecule has 0 spiro atoms. The molecule has 0 aromatic heterocycles. The van der Waals surface area contributed by atoms with Gasteiger partial charge in [0, 0.05) is 31.8 Å². The number of β-amino-alcohol motifs (C(OH)–C–C–N with tert-alkyl or cyclic N) is 1. The van der Waals surface area contributed by atoms with Gasteiger partial charge in [0.1, 0.15) is 5.82 Å². The Morgan fingerprint density at radius 2 is 2.21 bits per heavy atom. The molecule has 1 aliphatic rings. The highest BCUT2D eigenvalue weighted by Crippen LogP contribution is 2.36. The molecular weight excluding hydrogens is 245 g/mol. The van der Waals surface area contributed by atoms with E-state index in [1.165, 1.54) is 6.07 Å². The summed E-state index contributed by atoms with van der Waals surface area (Å²) in [6.07, 6.45) is 0.408. The van der Waals surface area contributed by atoms with Gasteiger partial charge in [0.25, 0.3) is 0 Å². The second kappa shape index (κ2) is 6.46. The normalized spacial score (nSPS) is 25.7. The zero-order valence-electron chi connectivity index (χ0n) is 11.6. The average molecular weight is 267 g/mol. The number of halogens is 1. The monoisotopic (exact) mass is 267 g/mol. The maximum Gasteiger partial charge on any atom is 0.127 e. The summed E-state index contributed by atoms with van der Waals surface area (Å²) >= 11 is 0. The molecular formula is C15H22FNO2. The Bertz CT molecular complexity index is 413. The second-order valence-corrected chi connectivity index (χ2v) is 5.44. The Kier molecular flexibility index (Phi) is 4.91. The fraction of sp³-hybridized carbons (Fsp3) is 0.600. The molecule has 2 rings (SSSR count). The van der Waals surface area contributed by atoms with Gasteiger partial charge < -0.3 is 9.84 Å². The molecule has 3 unspecified atom stereocenters. The van der Waals surface area contributed by atoms with Crippen molar-refractivity contribution in [3.05, 3.63) is 35.6 Å². The van der Waals surface area contributed by atoms with Crippen molar-refractivity contribution in [2.45, 2.75) is 25.5 Å². The maximum absolute atomic E-state index is 13.9. The summed E-state index contributed by atoms with van der Waals surface area (Å²) in [4.78, 5) is 2.16. The van der Waals surface area contributed by atoms with Gasteiger partial charge >= 0.3 is 0 Å². The number of likely N-dealkylation sites (tertiary alicyclic amines) is 1. The maximum atomic E-state index is 13.9. The van der Waals surface area contributed by atoms with Gasteiger partial charge in [0.05, 0.1) is 12.7 Å². The minimum Gasteiger partial charge on any atom is -0.389 e. The first-order valence-electron chi connectivity index (χ1n) is 6.77. The SMILES string of the molecule is COCC(O)CN1CC(C)CC1c1ccccc1F. The predicted molar refractivity (Wildman–Crippen MR) is 72.4 cm³/mol. The molecule has 1 heterocycles. The predicted octanol–water partition coefficient (Wildman–Crippen LogP) is 2.22. The second-order valence-electron chi connectivity index (χ2n) is 5.44. The molecule has 1 saturated heterocycles. The average Bonchev–Trinajstić information content (AvgIpc) is 2.71. The molecule has 0 radical (unpaired) electrons. The summed E-state index contributed by atoms with van der Waals surface area (Å²) in [5.74, 6) is 0.354. The number of nitrogens with zero attached hydrogens (tertiary/aromatic N) is 1. The molecule has 3 atom stereocenters. The van der Waals surface area contributed by atoms with E-state index in [-0.39, 0.29) is 11.9 Å². The van der Waals surface area contributed by atoms with E-state index in [0.717, 1.165) is 18.5 Å². The van der Waals surface area contributed by atoms with Gasteiger partial charge in [-0.25, -0.2) is 4.39 Å². The van der Waals surface area contributed by atoms with Crippen molar-refractivity contribution in [2.24, 2.45) is 5.92 Å². The topological polar surface area (TPSA) is 32.7 Å². The van der Waals surface area contributed by atoms with Crippen LogP contribution in [0.25, 0.3) is 0 Å².